The van der Waals surface area contributed by atoms with Crippen LogP contribution >= 0.6 is 0 Å². The van der Waals surface area contributed by atoms with Crippen LogP contribution < -0.4 is 5.32 Å². The van der Waals surface area contributed by atoms with E-state index in [1.165, 1.54) is 32.2 Å². The highest BCUT2D eigenvalue weighted by Gasteiger charge is 2.28. The number of hydrogen-bond donors (Lipinski definition) is 2. The van der Waals surface area contributed by atoms with Crippen molar-refractivity contribution in [2.75, 3.05) is 13.1 Å². The van der Waals surface area contributed by atoms with Crippen LogP contribution in [-0.4, -0.2) is 41.1 Å². The number of nitrogens with zero attached hydrogens (tertiary/aromatic N) is 1. The fraction of sp³-hybridized carbons (Fsp3) is 0.611. The van der Waals surface area contributed by atoms with Crippen molar-refractivity contribution in [3.63, 3.8) is 0 Å². The zero-order valence-corrected chi connectivity index (χ0v) is 13.1. The van der Waals surface area contributed by atoms with Crippen LogP contribution in [0.4, 0.5) is 0 Å². The Kier molecular flexibility index (Phi) is 4.98. The molecule has 4 nitrogen and oxygen atoms in total. The Labute approximate surface area is 132 Å². The lowest BCUT2D eigenvalue weighted by atomic mass is 10.0. The molecule has 1 saturated carbocycles. The van der Waals surface area contributed by atoms with Gasteiger partial charge in [0.2, 0.25) is 5.91 Å². The van der Waals surface area contributed by atoms with Crippen molar-refractivity contribution in [3.8, 4) is 5.75 Å². The van der Waals surface area contributed by atoms with Crippen LogP contribution in [0.25, 0.3) is 0 Å². The second-order valence-corrected chi connectivity index (χ2v) is 6.65. The highest BCUT2D eigenvalue weighted by atomic mass is 16.3. The molecule has 2 N–H and O–H groups in total. The highest BCUT2D eigenvalue weighted by Crippen LogP contribution is 2.26. The van der Waals surface area contributed by atoms with E-state index in [4.69, 9.17) is 0 Å². The maximum Gasteiger partial charge on any atom is 0.224 e. The van der Waals surface area contributed by atoms with Crippen LogP contribution in [0.2, 0.25) is 0 Å². The summed E-state index contributed by atoms with van der Waals surface area (Å²) in [4.78, 5) is 14.8. The minimum Gasteiger partial charge on any atom is -0.508 e. The molecule has 1 saturated heterocycles. The number of phenolic OH excluding ortho intramolecular Hbond substituents is 1. The fourth-order valence-corrected chi connectivity index (χ4v) is 3.84. The normalized spacial score (nSPS) is 23.5. The molecule has 4 heteroatoms. The zero-order chi connectivity index (χ0) is 15.4. The van der Waals surface area contributed by atoms with Gasteiger partial charge in [-0.25, -0.2) is 0 Å². The molecule has 2 fully saturated rings. The Morgan fingerprint density at radius 2 is 1.95 bits per heavy atom. The van der Waals surface area contributed by atoms with Crippen LogP contribution in [0.1, 0.15) is 44.1 Å². The fourth-order valence-electron chi connectivity index (χ4n) is 3.84. The molecule has 0 aromatic heterocycles. The number of aromatic hydroxyl groups is 1. The van der Waals surface area contributed by atoms with E-state index in [1.807, 2.05) is 6.07 Å². The summed E-state index contributed by atoms with van der Waals surface area (Å²) in [5.74, 6) is 0.216. The number of hydrogen-bond acceptors (Lipinski definition) is 3. The van der Waals surface area contributed by atoms with E-state index < -0.39 is 0 Å². The molecule has 120 valence electrons. The number of rotatable bonds is 4. The first-order valence-corrected chi connectivity index (χ1v) is 8.52. The standard InChI is InChI=1S/C18H26N2O2/c21-17-10-4-1-6-14(17)12-18(22)19-15-7-5-11-20(13-15)16-8-2-3-9-16/h1,4,6,10,15-16,21H,2-3,5,7-9,11-13H2,(H,19,22)/t15-/m0/s1. The summed E-state index contributed by atoms with van der Waals surface area (Å²) in [6.45, 7) is 2.16. The number of likely N-dealkylation sites (tertiary alicyclic amines) is 1. The van der Waals surface area contributed by atoms with Gasteiger partial charge < -0.3 is 10.4 Å². The highest BCUT2D eigenvalue weighted by molar-refractivity contribution is 5.79. The quantitative estimate of drug-likeness (QED) is 0.898. The number of carbonyl (C=O) groups excluding carboxylic acids is 1. The molecule has 0 radical (unpaired) electrons. The van der Waals surface area contributed by atoms with E-state index in [2.05, 4.69) is 10.2 Å². The van der Waals surface area contributed by atoms with Gasteiger partial charge in [-0.2, -0.15) is 0 Å². The van der Waals surface area contributed by atoms with Crippen molar-refractivity contribution in [2.45, 2.75) is 57.0 Å². The lowest BCUT2D eigenvalue weighted by molar-refractivity contribution is -0.121. The number of amides is 1. The number of carbonyl (C=O) groups is 1. The van der Waals surface area contributed by atoms with Gasteiger partial charge in [-0.15, -0.1) is 0 Å². The van der Waals surface area contributed by atoms with E-state index in [0.717, 1.165) is 25.4 Å². The molecule has 3 rings (SSSR count). The molecule has 1 atom stereocenters. The number of benzene rings is 1. The third-order valence-electron chi connectivity index (χ3n) is 5.00. The Morgan fingerprint density at radius 3 is 2.73 bits per heavy atom. The Bertz CT molecular complexity index is 512. The first-order chi connectivity index (χ1) is 10.7. The predicted molar refractivity (Wildman–Crippen MR) is 86.8 cm³/mol. The van der Waals surface area contributed by atoms with E-state index in [0.29, 0.717) is 5.56 Å². The van der Waals surface area contributed by atoms with Gasteiger partial charge in [-0.05, 0) is 38.3 Å². The molecule has 0 bridgehead atoms. The van der Waals surface area contributed by atoms with Crippen LogP contribution in [0.5, 0.6) is 5.75 Å². The minimum absolute atomic E-state index is 0.0137. The largest absolute Gasteiger partial charge is 0.508 e. The summed E-state index contributed by atoms with van der Waals surface area (Å²) in [5, 5.41) is 12.9. The molecular weight excluding hydrogens is 276 g/mol. The van der Waals surface area contributed by atoms with Crippen molar-refractivity contribution in [1.82, 2.24) is 10.2 Å². The molecule has 1 aromatic carbocycles. The van der Waals surface area contributed by atoms with Gasteiger partial charge in [-0.1, -0.05) is 31.0 Å². The maximum atomic E-state index is 12.2. The summed E-state index contributed by atoms with van der Waals surface area (Å²) in [6, 6.07) is 8.05. The van der Waals surface area contributed by atoms with Gasteiger partial charge in [-0.3, -0.25) is 9.69 Å². The number of piperidine rings is 1. The Morgan fingerprint density at radius 1 is 1.18 bits per heavy atom. The number of phenols is 1. The van der Waals surface area contributed by atoms with Gasteiger partial charge in [0.15, 0.2) is 0 Å². The van der Waals surface area contributed by atoms with E-state index in [9.17, 15) is 9.90 Å². The van der Waals surface area contributed by atoms with Crippen LogP contribution in [0, 0.1) is 0 Å². The average Bonchev–Trinajstić information content (AvgIpc) is 3.04. The Balaban J connectivity index is 1.51. The summed E-state index contributed by atoms with van der Waals surface area (Å²) in [6.07, 6.45) is 7.83. The van der Waals surface area contributed by atoms with Gasteiger partial charge in [0, 0.05) is 24.2 Å². The van der Waals surface area contributed by atoms with Gasteiger partial charge in [0.05, 0.1) is 6.42 Å². The van der Waals surface area contributed by atoms with Crippen molar-refractivity contribution >= 4 is 5.91 Å². The van der Waals surface area contributed by atoms with Gasteiger partial charge in [0.1, 0.15) is 5.75 Å². The van der Waals surface area contributed by atoms with Crippen molar-refractivity contribution in [2.24, 2.45) is 0 Å². The topological polar surface area (TPSA) is 52.6 Å². The predicted octanol–water partition coefficient (Wildman–Crippen LogP) is 2.46. The molecule has 1 aromatic rings. The molecule has 0 spiro atoms. The van der Waals surface area contributed by atoms with Crippen LogP contribution in [0.15, 0.2) is 24.3 Å². The summed E-state index contributed by atoms with van der Waals surface area (Å²) >= 11 is 0. The molecule has 2 aliphatic rings. The van der Waals surface area contributed by atoms with E-state index in [1.54, 1.807) is 18.2 Å². The molecule has 1 heterocycles. The monoisotopic (exact) mass is 302 g/mol. The number of nitrogens with one attached hydrogen (secondary N) is 1. The van der Waals surface area contributed by atoms with Gasteiger partial charge in [0.25, 0.3) is 0 Å². The van der Waals surface area contributed by atoms with E-state index >= 15 is 0 Å². The van der Waals surface area contributed by atoms with Crippen molar-refractivity contribution < 1.29 is 9.90 Å². The zero-order valence-electron chi connectivity index (χ0n) is 13.1. The number of para-hydroxylation sites is 1. The lowest BCUT2D eigenvalue weighted by Gasteiger charge is -2.37. The molecule has 1 aliphatic heterocycles. The maximum absolute atomic E-state index is 12.2. The molecule has 1 aliphatic carbocycles. The Hall–Kier alpha value is -1.55. The minimum atomic E-state index is 0.0137. The molecular formula is C18H26N2O2. The first-order valence-electron chi connectivity index (χ1n) is 8.52. The molecule has 22 heavy (non-hydrogen) atoms. The van der Waals surface area contributed by atoms with Crippen molar-refractivity contribution in [3.05, 3.63) is 29.8 Å². The smallest absolute Gasteiger partial charge is 0.224 e. The summed E-state index contributed by atoms with van der Waals surface area (Å²) in [7, 11) is 0. The average molecular weight is 302 g/mol. The first kappa shape index (κ1) is 15.3. The summed E-state index contributed by atoms with van der Waals surface area (Å²) < 4.78 is 0. The van der Waals surface area contributed by atoms with E-state index in [-0.39, 0.29) is 24.1 Å². The molecule has 1 amide bonds. The third-order valence-corrected chi connectivity index (χ3v) is 5.00. The lowest BCUT2D eigenvalue weighted by Crippen LogP contribution is -2.50. The molecule has 0 unspecified atom stereocenters. The summed E-state index contributed by atoms with van der Waals surface area (Å²) in [5.41, 5.74) is 0.698. The van der Waals surface area contributed by atoms with Crippen molar-refractivity contribution in [1.29, 1.82) is 0 Å². The van der Waals surface area contributed by atoms with Gasteiger partial charge >= 0.3 is 0 Å². The third kappa shape index (κ3) is 3.80. The van der Waals surface area contributed by atoms with Crippen LogP contribution in [-0.2, 0) is 11.2 Å². The second-order valence-electron chi connectivity index (χ2n) is 6.65. The second kappa shape index (κ2) is 7.14. The van der Waals surface area contributed by atoms with Crippen LogP contribution in [0.3, 0.4) is 0 Å². The SMILES string of the molecule is O=C(Cc1ccccc1O)N[C@H]1CCCN(C2CCCC2)C1.